The molecule has 1 aromatic rings. The van der Waals surface area contributed by atoms with E-state index in [-0.39, 0.29) is 17.6 Å². The van der Waals surface area contributed by atoms with E-state index in [1.165, 1.54) is 0 Å². The molecule has 0 aromatic heterocycles. The molecule has 0 fully saturated rings. The molecule has 1 heterocycles. The summed E-state index contributed by atoms with van der Waals surface area (Å²) in [5.74, 6) is -0.0320. The van der Waals surface area contributed by atoms with Crippen LogP contribution in [0.2, 0.25) is 0 Å². The molecule has 1 aliphatic rings. The van der Waals surface area contributed by atoms with Gasteiger partial charge in [-0.2, -0.15) is 18.2 Å². The number of alkyl halides is 3. The predicted octanol–water partition coefficient (Wildman–Crippen LogP) is 2.38. The Hall–Kier alpha value is -2.95. The lowest BCUT2D eigenvalue weighted by Crippen LogP contribution is -2.42. The maximum Gasteiger partial charge on any atom is 0.424 e. The number of rotatable bonds is 1. The molecular formula is C16H16F3N5. The minimum Gasteiger partial charge on any atom is -0.369 e. The van der Waals surface area contributed by atoms with Gasteiger partial charge >= 0.3 is 6.18 Å². The van der Waals surface area contributed by atoms with E-state index in [2.05, 4.69) is 22.6 Å². The van der Waals surface area contributed by atoms with Crippen molar-refractivity contribution < 1.29 is 13.2 Å². The lowest BCUT2D eigenvalue weighted by atomic mass is 10.1. The van der Waals surface area contributed by atoms with Crippen LogP contribution >= 0.6 is 0 Å². The Morgan fingerprint density at radius 1 is 1.25 bits per heavy atom. The zero-order valence-corrected chi connectivity index (χ0v) is 13.0. The summed E-state index contributed by atoms with van der Waals surface area (Å²) in [4.78, 5) is 9.59. The van der Waals surface area contributed by atoms with E-state index >= 15 is 0 Å². The van der Waals surface area contributed by atoms with Gasteiger partial charge in [0.1, 0.15) is 11.3 Å². The van der Waals surface area contributed by atoms with Gasteiger partial charge in [0.05, 0.1) is 0 Å². The zero-order valence-electron chi connectivity index (χ0n) is 13.0. The van der Waals surface area contributed by atoms with Gasteiger partial charge < -0.3 is 16.4 Å². The summed E-state index contributed by atoms with van der Waals surface area (Å²) in [6.07, 6.45) is -2.51. The number of guanidine groups is 2. The van der Waals surface area contributed by atoms with Crippen molar-refractivity contribution in [1.82, 2.24) is 4.90 Å². The molecule has 126 valence electrons. The molecule has 0 saturated carbocycles. The van der Waals surface area contributed by atoms with Crippen LogP contribution < -0.4 is 11.5 Å². The number of hydrogen-bond acceptors (Lipinski definition) is 1. The maximum atomic E-state index is 12.5. The minimum atomic E-state index is -4.48. The first-order chi connectivity index (χ1) is 11.1. The van der Waals surface area contributed by atoms with Gasteiger partial charge in [-0.3, -0.25) is 0 Å². The van der Waals surface area contributed by atoms with Crippen molar-refractivity contribution in [2.24, 2.45) is 21.5 Å². The average Bonchev–Trinajstić information content (AvgIpc) is 2.45. The molecule has 1 aromatic carbocycles. The van der Waals surface area contributed by atoms with Crippen molar-refractivity contribution in [2.45, 2.75) is 13.1 Å². The fourth-order valence-electron chi connectivity index (χ4n) is 2.15. The monoisotopic (exact) mass is 335 g/mol. The molecule has 0 spiro atoms. The fourth-order valence-corrected chi connectivity index (χ4v) is 2.15. The SMILES string of the molecule is C=C1C=C(C)CN(C(N)=NC(N)=Nc2c#cc(C(F)(F)F)cc2)C1. The molecule has 0 radical (unpaired) electrons. The first-order valence-corrected chi connectivity index (χ1v) is 6.94. The first kappa shape index (κ1) is 17.4. The summed E-state index contributed by atoms with van der Waals surface area (Å²) in [6, 6.07) is 6.25. The second-order valence-corrected chi connectivity index (χ2v) is 5.33. The molecule has 0 atom stereocenters. The van der Waals surface area contributed by atoms with Crippen molar-refractivity contribution >= 4 is 17.6 Å². The van der Waals surface area contributed by atoms with Gasteiger partial charge in [0.2, 0.25) is 5.96 Å². The van der Waals surface area contributed by atoms with Crippen molar-refractivity contribution in [3.05, 3.63) is 53.6 Å². The molecule has 4 N–H and O–H groups in total. The summed E-state index contributed by atoms with van der Waals surface area (Å²) < 4.78 is 37.4. The fraction of sp³-hybridized carbons (Fsp3) is 0.250. The highest BCUT2D eigenvalue weighted by atomic mass is 19.4. The van der Waals surface area contributed by atoms with Crippen LogP contribution in [0, 0.1) is 12.1 Å². The van der Waals surface area contributed by atoms with Crippen molar-refractivity contribution in [3.63, 3.8) is 0 Å². The molecule has 0 bridgehead atoms. The average molecular weight is 335 g/mol. The van der Waals surface area contributed by atoms with Crippen LogP contribution in [-0.2, 0) is 6.18 Å². The molecule has 0 aliphatic carbocycles. The zero-order chi connectivity index (χ0) is 17.9. The van der Waals surface area contributed by atoms with E-state index in [4.69, 9.17) is 11.5 Å². The Balaban J connectivity index is 2.13. The maximum absolute atomic E-state index is 12.5. The molecule has 0 unspecified atom stereocenters. The second kappa shape index (κ2) is 6.66. The standard InChI is InChI=1S/C16H16F3N5/c1-10-7-11(2)9-24(8-10)15(21)23-14(20)22-13-5-3-12(4-6-13)16(17,18)19/h3,5,7H,1,8-9H2,2H3,(H4,20,21,22,23). The molecule has 5 nitrogen and oxygen atoms in total. The highest BCUT2D eigenvalue weighted by Crippen LogP contribution is 2.28. The second-order valence-electron chi connectivity index (χ2n) is 5.33. The van der Waals surface area contributed by atoms with Gasteiger partial charge in [0.15, 0.2) is 5.96 Å². The number of nitrogens with zero attached hydrogens (tertiary/aromatic N) is 3. The number of aliphatic imine (C=N–C) groups is 2. The van der Waals surface area contributed by atoms with Gasteiger partial charge in [0, 0.05) is 13.1 Å². The van der Waals surface area contributed by atoms with E-state index in [0.29, 0.717) is 13.1 Å². The van der Waals surface area contributed by atoms with E-state index < -0.39 is 11.7 Å². The third-order valence-electron chi connectivity index (χ3n) is 3.11. The number of hydrogen-bond donors (Lipinski definition) is 2. The molecule has 1 aliphatic heterocycles. The van der Waals surface area contributed by atoms with Gasteiger partial charge in [-0.25, -0.2) is 4.99 Å². The van der Waals surface area contributed by atoms with Crippen LogP contribution in [0.3, 0.4) is 0 Å². The van der Waals surface area contributed by atoms with Crippen LogP contribution in [0.25, 0.3) is 0 Å². The summed E-state index contributed by atoms with van der Waals surface area (Å²) in [5, 5.41) is 0. The highest BCUT2D eigenvalue weighted by Gasteiger charge is 2.30. The van der Waals surface area contributed by atoms with Gasteiger partial charge in [-0.15, -0.1) is 0 Å². The Kier molecular flexibility index (Phi) is 4.83. The van der Waals surface area contributed by atoms with Crippen LogP contribution in [-0.4, -0.2) is 29.9 Å². The third-order valence-corrected chi connectivity index (χ3v) is 3.11. The summed E-state index contributed by atoms with van der Waals surface area (Å²) >= 11 is 0. The summed E-state index contributed by atoms with van der Waals surface area (Å²) in [5.41, 5.74) is 12.7. The smallest absolute Gasteiger partial charge is 0.369 e. The number of nitrogens with two attached hydrogens (primary N) is 2. The van der Waals surface area contributed by atoms with Crippen molar-refractivity contribution in [3.8, 4) is 0 Å². The molecule has 0 amide bonds. The molecule has 24 heavy (non-hydrogen) atoms. The Morgan fingerprint density at radius 2 is 1.96 bits per heavy atom. The lowest BCUT2D eigenvalue weighted by Gasteiger charge is -2.28. The Morgan fingerprint density at radius 3 is 2.50 bits per heavy atom. The minimum absolute atomic E-state index is 0.0798. The van der Waals surface area contributed by atoms with Crippen molar-refractivity contribution in [2.75, 3.05) is 13.1 Å². The van der Waals surface area contributed by atoms with Gasteiger partial charge in [-0.1, -0.05) is 24.3 Å². The molecular weight excluding hydrogens is 319 g/mol. The topological polar surface area (TPSA) is 80.0 Å². The molecule has 2 rings (SSSR count). The van der Waals surface area contributed by atoms with E-state index in [1.807, 2.05) is 19.1 Å². The first-order valence-electron chi connectivity index (χ1n) is 6.94. The highest BCUT2D eigenvalue weighted by molar-refractivity contribution is 5.94. The van der Waals surface area contributed by atoms with Gasteiger partial charge in [-0.05, 0) is 30.7 Å². The molecule has 8 heteroatoms. The normalized spacial score (nSPS) is 16.8. The third kappa shape index (κ3) is 4.52. The lowest BCUT2D eigenvalue weighted by molar-refractivity contribution is -0.137. The Bertz CT molecular complexity index is 714. The number of halogens is 3. The van der Waals surface area contributed by atoms with Crippen LogP contribution in [0.5, 0.6) is 0 Å². The van der Waals surface area contributed by atoms with Crippen LogP contribution in [0.15, 0.2) is 45.9 Å². The quantitative estimate of drug-likeness (QED) is 0.611. The summed E-state index contributed by atoms with van der Waals surface area (Å²) in [7, 11) is 0. The van der Waals surface area contributed by atoms with Crippen molar-refractivity contribution in [1.29, 1.82) is 0 Å². The van der Waals surface area contributed by atoms with E-state index in [0.717, 1.165) is 23.3 Å². The largest absolute Gasteiger partial charge is 0.424 e. The van der Waals surface area contributed by atoms with E-state index in [9.17, 15) is 13.2 Å². The van der Waals surface area contributed by atoms with Crippen LogP contribution in [0.4, 0.5) is 18.9 Å². The Labute approximate surface area is 137 Å². The molecule has 0 saturated heterocycles. The predicted molar refractivity (Wildman–Crippen MR) is 86.5 cm³/mol. The van der Waals surface area contributed by atoms with Crippen LogP contribution in [0.1, 0.15) is 12.5 Å². The van der Waals surface area contributed by atoms with Gasteiger partial charge in [0.25, 0.3) is 0 Å². The summed E-state index contributed by atoms with van der Waals surface area (Å²) in [6.45, 7) is 6.92. The van der Waals surface area contributed by atoms with E-state index in [1.54, 1.807) is 4.90 Å².